The lowest BCUT2D eigenvalue weighted by molar-refractivity contribution is 0.167. The summed E-state index contributed by atoms with van der Waals surface area (Å²) < 4.78 is 19.4. The third kappa shape index (κ3) is 6.07. The van der Waals surface area contributed by atoms with E-state index in [1.807, 2.05) is 30.3 Å². The van der Waals surface area contributed by atoms with E-state index in [0.717, 1.165) is 24.0 Å². The summed E-state index contributed by atoms with van der Waals surface area (Å²) >= 11 is 0. The molecule has 21 heavy (non-hydrogen) atoms. The minimum atomic E-state index is -0.835. The van der Waals surface area contributed by atoms with Crippen LogP contribution in [0.25, 0.3) is 0 Å². The zero-order valence-corrected chi connectivity index (χ0v) is 13.3. The Hall–Kier alpha value is -1.05. The van der Waals surface area contributed by atoms with Gasteiger partial charge in [-0.3, -0.25) is 0 Å². The largest absolute Gasteiger partial charge is 0.491 e. The number of alkyl halides is 1. The Bertz CT molecular complexity index is 370. The number of hydrogen-bond acceptors (Lipinski definition) is 1. The van der Waals surface area contributed by atoms with E-state index in [4.69, 9.17) is 4.74 Å². The van der Waals surface area contributed by atoms with Gasteiger partial charge in [-0.25, -0.2) is 4.39 Å². The highest BCUT2D eigenvalue weighted by Gasteiger charge is 2.21. The van der Waals surface area contributed by atoms with Gasteiger partial charge < -0.3 is 4.74 Å². The number of rotatable bonds is 8. The van der Waals surface area contributed by atoms with E-state index < -0.39 is 6.17 Å². The lowest BCUT2D eigenvalue weighted by Gasteiger charge is -2.28. The van der Waals surface area contributed by atoms with E-state index in [9.17, 15) is 4.39 Å². The van der Waals surface area contributed by atoms with Gasteiger partial charge >= 0.3 is 0 Å². The summed E-state index contributed by atoms with van der Waals surface area (Å²) in [5, 5.41) is 0. The van der Waals surface area contributed by atoms with Gasteiger partial charge in [0, 0.05) is 0 Å². The van der Waals surface area contributed by atoms with Crippen LogP contribution in [0.1, 0.15) is 58.3 Å². The zero-order chi connectivity index (χ0) is 14.9. The summed E-state index contributed by atoms with van der Waals surface area (Å²) in [5.74, 6) is 2.45. The van der Waals surface area contributed by atoms with Crippen LogP contribution in [0.3, 0.4) is 0 Å². The SMILES string of the molecule is CCCC1CCC(CCC(F)COc2ccccc2)CC1. The van der Waals surface area contributed by atoms with Crippen molar-refractivity contribution in [3.8, 4) is 5.75 Å². The lowest BCUT2D eigenvalue weighted by atomic mass is 9.78. The van der Waals surface area contributed by atoms with Gasteiger partial charge in [-0.2, -0.15) is 0 Å². The van der Waals surface area contributed by atoms with Crippen LogP contribution in [0.2, 0.25) is 0 Å². The standard InChI is InChI=1S/C19H29FO/c1-2-6-16-9-11-17(12-10-16)13-14-18(20)15-21-19-7-4-3-5-8-19/h3-5,7-8,16-18H,2,6,9-15H2,1H3. The van der Waals surface area contributed by atoms with Gasteiger partial charge in [0.2, 0.25) is 0 Å². The predicted molar refractivity (Wildman–Crippen MR) is 86.4 cm³/mol. The van der Waals surface area contributed by atoms with Gasteiger partial charge in [-0.1, -0.05) is 63.6 Å². The quantitative estimate of drug-likeness (QED) is 0.589. The van der Waals surface area contributed by atoms with E-state index in [2.05, 4.69) is 6.92 Å². The highest BCUT2D eigenvalue weighted by Crippen LogP contribution is 2.34. The molecule has 0 bridgehead atoms. The molecule has 0 saturated heterocycles. The van der Waals surface area contributed by atoms with E-state index in [1.165, 1.54) is 38.5 Å². The van der Waals surface area contributed by atoms with Gasteiger partial charge in [0.05, 0.1) is 0 Å². The van der Waals surface area contributed by atoms with Crippen molar-refractivity contribution in [3.05, 3.63) is 30.3 Å². The van der Waals surface area contributed by atoms with Crippen LogP contribution in [0, 0.1) is 11.8 Å². The summed E-state index contributed by atoms with van der Waals surface area (Å²) in [5.41, 5.74) is 0. The summed E-state index contributed by atoms with van der Waals surface area (Å²) in [7, 11) is 0. The van der Waals surface area contributed by atoms with E-state index >= 15 is 0 Å². The van der Waals surface area contributed by atoms with Crippen molar-refractivity contribution in [1.29, 1.82) is 0 Å². The molecule has 118 valence electrons. The molecule has 0 amide bonds. The molecule has 1 aliphatic carbocycles. The second kappa shape index (κ2) is 9.07. The van der Waals surface area contributed by atoms with Gasteiger partial charge in [0.1, 0.15) is 18.5 Å². The maximum Gasteiger partial charge on any atom is 0.134 e. The van der Waals surface area contributed by atoms with Crippen LogP contribution >= 0.6 is 0 Å². The minimum absolute atomic E-state index is 0.190. The van der Waals surface area contributed by atoms with E-state index in [0.29, 0.717) is 6.42 Å². The fourth-order valence-corrected chi connectivity index (χ4v) is 3.42. The molecule has 2 rings (SSSR count). The Morgan fingerprint density at radius 3 is 2.29 bits per heavy atom. The minimum Gasteiger partial charge on any atom is -0.491 e. The summed E-state index contributed by atoms with van der Waals surface area (Å²) in [4.78, 5) is 0. The molecular formula is C19H29FO. The van der Waals surface area contributed by atoms with Gasteiger partial charge in [0.25, 0.3) is 0 Å². The van der Waals surface area contributed by atoms with Crippen LogP contribution in [-0.4, -0.2) is 12.8 Å². The molecule has 0 aromatic heterocycles. The Balaban J connectivity index is 1.58. The first-order valence-electron chi connectivity index (χ1n) is 8.59. The van der Waals surface area contributed by atoms with Crippen molar-refractivity contribution in [2.75, 3.05) is 6.61 Å². The van der Waals surface area contributed by atoms with Crippen molar-refractivity contribution >= 4 is 0 Å². The number of hydrogen-bond donors (Lipinski definition) is 0. The van der Waals surface area contributed by atoms with Crippen molar-refractivity contribution in [1.82, 2.24) is 0 Å². The van der Waals surface area contributed by atoms with Crippen LogP contribution in [0.4, 0.5) is 4.39 Å². The molecule has 0 radical (unpaired) electrons. The predicted octanol–water partition coefficient (Wildman–Crippen LogP) is 5.79. The highest BCUT2D eigenvalue weighted by atomic mass is 19.1. The number of ether oxygens (including phenoxy) is 1. The molecule has 1 saturated carbocycles. The third-order valence-electron chi connectivity index (χ3n) is 4.73. The maximum atomic E-state index is 13.9. The van der Waals surface area contributed by atoms with Crippen LogP contribution in [0.5, 0.6) is 5.75 Å². The molecule has 1 aromatic rings. The normalized spacial score (nSPS) is 23.7. The first-order valence-corrected chi connectivity index (χ1v) is 8.59. The van der Waals surface area contributed by atoms with Crippen LogP contribution in [0.15, 0.2) is 30.3 Å². The Kier molecular flexibility index (Phi) is 7.05. The second-order valence-corrected chi connectivity index (χ2v) is 6.47. The molecular weight excluding hydrogens is 263 g/mol. The molecule has 0 heterocycles. The van der Waals surface area contributed by atoms with Crippen molar-refractivity contribution in [2.24, 2.45) is 11.8 Å². The summed E-state index contributed by atoms with van der Waals surface area (Å²) in [6.45, 7) is 2.46. The summed E-state index contributed by atoms with van der Waals surface area (Å²) in [6.07, 6.45) is 8.84. The molecule has 1 atom stereocenters. The topological polar surface area (TPSA) is 9.23 Å². The first-order chi connectivity index (χ1) is 10.3. The van der Waals surface area contributed by atoms with Gasteiger partial charge in [-0.05, 0) is 36.8 Å². The molecule has 0 aliphatic heterocycles. The smallest absolute Gasteiger partial charge is 0.134 e. The average molecular weight is 292 g/mol. The molecule has 1 fully saturated rings. The fourth-order valence-electron chi connectivity index (χ4n) is 3.42. The average Bonchev–Trinajstić information content (AvgIpc) is 2.53. The van der Waals surface area contributed by atoms with Gasteiger partial charge in [-0.15, -0.1) is 0 Å². The third-order valence-corrected chi connectivity index (χ3v) is 4.73. The number of para-hydroxylation sites is 1. The van der Waals surface area contributed by atoms with Crippen LogP contribution in [-0.2, 0) is 0 Å². The molecule has 1 unspecified atom stereocenters. The molecule has 0 spiro atoms. The van der Waals surface area contributed by atoms with E-state index in [-0.39, 0.29) is 6.61 Å². The van der Waals surface area contributed by atoms with Crippen molar-refractivity contribution in [2.45, 2.75) is 64.5 Å². The lowest BCUT2D eigenvalue weighted by Crippen LogP contribution is -2.18. The molecule has 2 heteroatoms. The second-order valence-electron chi connectivity index (χ2n) is 6.47. The highest BCUT2D eigenvalue weighted by molar-refractivity contribution is 5.20. The van der Waals surface area contributed by atoms with Gasteiger partial charge in [0.15, 0.2) is 0 Å². The Morgan fingerprint density at radius 1 is 1.05 bits per heavy atom. The molecule has 1 aromatic carbocycles. The summed E-state index contributed by atoms with van der Waals surface area (Å²) in [6, 6.07) is 9.52. The van der Waals surface area contributed by atoms with Crippen molar-refractivity contribution < 1.29 is 9.13 Å². The molecule has 1 aliphatic rings. The Labute approximate surface area is 128 Å². The monoisotopic (exact) mass is 292 g/mol. The van der Waals surface area contributed by atoms with Crippen LogP contribution < -0.4 is 4.74 Å². The fraction of sp³-hybridized carbons (Fsp3) is 0.684. The Morgan fingerprint density at radius 2 is 1.67 bits per heavy atom. The zero-order valence-electron chi connectivity index (χ0n) is 13.3. The molecule has 0 N–H and O–H groups in total. The van der Waals surface area contributed by atoms with Crippen molar-refractivity contribution in [3.63, 3.8) is 0 Å². The van der Waals surface area contributed by atoms with E-state index in [1.54, 1.807) is 0 Å². The number of benzene rings is 1. The molecule has 1 nitrogen and oxygen atoms in total. The number of halogens is 1. The maximum absolute atomic E-state index is 13.9. The first kappa shape index (κ1) is 16.3.